The van der Waals surface area contributed by atoms with Gasteiger partial charge in [-0.25, -0.2) is 0 Å². The Morgan fingerprint density at radius 2 is 1.79 bits per heavy atom. The molecule has 0 aliphatic heterocycles. The Balaban J connectivity index is 2.69. The Kier molecular flexibility index (Phi) is 5.81. The molecule has 0 bridgehead atoms. The summed E-state index contributed by atoms with van der Waals surface area (Å²) in [7, 11) is 0. The fraction of sp³-hybridized carbons (Fsp3) is 0.933. The zero-order valence-corrected chi connectivity index (χ0v) is 13.0. The monoisotopic (exact) mass is 270 g/mol. The van der Waals surface area contributed by atoms with E-state index >= 15 is 0 Å². The molecule has 0 aromatic rings. The van der Waals surface area contributed by atoms with Gasteiger partial charge < -0.3 is 15.3 Å². The second-order valence-electron chi connectivity index (χ2n) is 6.26. The van der Waals surface area contributed by atoms with Gasteiger partial charge in [-0.1, -0.05) is 40.5 Å². The van der Waals surface area contributed by atoms with E-state index in [-0.39, 0.29) is 5.41 Å². The van der Waals surface area contributed by atoms with Gasteiger partial charge in [-0.15, -0.1) is 0 Å². The van der Waals surface area contributed by atoms with Crippen LogP contribution in [0.15, 0.2) is 0 Å². The highest BCUT2D eigenvalue weighted by molar-refractivity contribution is 5.80. The molecule has 0 heterocycles. The molecule has 4 nitrogen and oxygen atoms in total. The summed E-state index contributed by atoms with van der Waals surface area (Å²) in [6, 6.07) is 0. The fourth-order valence-corrected chi connectivity index (χ4v) is 3.28. The van der Waals surface area contributed by atoms with Crippen molar-refractivity contribution >= 4 is 5.97 Å². The van der Waals surface area contributed by atoms with Crippen LogP contribution < -0.4 is 5.32 Å². The van der Waals surface area contributed by atoms with Crippen molar-refractivity contribution in [3.63, 3.8) is 0 Å². The van der Waals surface area contributed by atoms with E-state index in [1.165, 1.54) is 0 Å². The molecular weight excluding hydrogens is 240 g/mol. The lowest BCUT2D eigenvalue weighted by Crippen LogP contribution is -2.63. The molecule has 19 heavy (non-hydrogen) atoms. The highest BCUT2D eigenvalue weighted by atomic mass is 16.4. The highest BCUT2D eigenvalue weighted by Gasteiger charge is 2.52. The van der Waals surface area contributed by atoms with Gasteiger partial charge in [0.15, 0.2) is 0 Å². The van der Waals surface area contributed by atoms with E-state index in [1.807, 2.05) is 0 Å². The summed E-state index contributed by atoms with van der Waals surface area (Å²) in [5, 5.41) is 13.1. The molecule has 1 unspecified atom stereocenters. The summed E-state index contributed by atoms with van der Waals surface area (Å²) >= 11 is 0. The lowest BCUT2D eigenvalue weighted by atomic mass is 9.63. The number of hydrogen-bond acceptors (Lipinski definition) is 3. The molecule has 2 N–H and O–H groups in total. The summed E-state index contributed by atoms with van der Waals surface area (Å²) in [6.07, 6.45) is 3.87. The third-order valence-electron chi connectivity index (χ3n) is 4.87. The van der Waals surface area contributed by atoms with E-state index in [4.69, 9.17) is 0 Å². The second-order valence-corrected chi connectivity index (χ2v) is 6.26. The van der Waals surface area contributed by atoms with Crippen LogP contribution >= 0.6 is 0 Å². The number of carboxylic acids is 1. The number of carboxylic acid groups (broad SMARTS) is 1. The standard InChI is InChI=1S/C15H30N2O2/c1-5-17(6-2)12-11-16-15(13(18)19)10-8-7-9-14(15,3)4/h16H,5-12H2,1-4H3,(H,18,19). The third-order valence-corrected chi connectivity index (χ3v) is 4.87. The van der Waals surface area contributed by atoms with Crippen molar-refractivity contribution in [1.29, 1.82) is 0 Å². The maximum absolute atomic E-state index is 11.8. The smallest absolute Gasteiger partial charge is 0.324 e. The van der Waals surface area contributed by atoms with Gasteiger partial charge in [-0.3, -0.25) is 4.79 Å². The van der Waals surface area contributed by atoms with E-state index in [9.17, 15) is 9.90 Å². The van der Waals surface area contributed by atoms with Crippen LogP contribution in [0.1, 0.15) is 53.4 Å². The molecule has 0 saturated heterocycles. The molecule has 1 saturated carbocycles. The van der Waals surface area contributed by atoms with Crippen LogP contribution in [-0.4, -0.2) is 47.7 Å². The summed E-state index contributed by atoms with van der Waals surface area (Å²) in [4.78, 5) is 14.1. The summed E-state index contributed by atoms with van der Waals surface area (Å²) < 4.78 is 0. The zero-order valence-electron chi connectivity index (χ0n) is 13.0. The van der Waals surface area contributed by atoms with Crippen LogP contribution in [0, 0.1) is 5.41 Å². The van der Waals surface area contributed by atoms with Crippen molar-refractivity contribution in [2.45, 2.75) is 58.9 Å². The molecule has 1 rings (SSSR count). The Morgan fingerprint density at radius 3 is 2.26 bits per heavy atom. The van der Waals surface area contributed by atoms with Crippen LogP contribution in [0.3, 0.4) is 0 Å². The fourth-order valence-electron chi connectivity index (χ4n) is 3.28. The second kappa shape index (κ2) is 6.71. The van der Waals surface area contributed by atoms with Gasteiger partial charge >= 0.3 is 5.97 Å². The van der Waals surface area contributed by atoms with Crippen LogP contribution in [-0.2, 0) is 4.79 Å². The third kappa shape index (κ3) is 3.48. The Labute approximate surface area is 117 Å². The van der Waals surface area contributed by atoms with Crippen LogP contribution in [0.4, 0.5) is 0 Å². The molecular formula is C15H30N2O2. The Morgan fingerprint density at radius 1 is 1.21 bits per heavy atom. The van der Waals surface area contributed by atoms with Gasteiger partial charge in [-0.2, -0.15) is 0 Å². The average molecular weight is 270 g/mol. The molecule has 0 aromatic heterocycles. The molecule has 1 aliphatic carbocycles. The molecule has 112 valence electrons. The van der Waals surface area contributed by atoms with Gasteiger partial charge in [0.25, 0.3) is 0 Å². The minimum absolute atomic E-state index is 0.180. The minimum Gasteiger partial charge on any atom is -0.480 e. The van der Waals surface area contributed by atoms with E-state index < -0.39 is 11.5 Å². The van der Waals surface area contributed by atoms with Gasteiger partial charge in [0.2, 0.25) is 0 Å². The average Bonchev–Trinajstić information content (AvgIpc) is 2.36. The number of nitrogens with one attached hydrogen (secondary N) is 1. The molecule has 1 fully saturated rings. The number of nitrogens with zero attached hydrogens (tertiary/aromatic N) is 1. The van der Waals surface area contributed by atoms with E-state index in [0.29, 0.717) is 0 Å². The molecule has 4 heteroatoms. The molecule has 0 aromatic carbocycles. The predicted molar refractivity (Wildman–Crippen MR) is 78.4 cm³/mol. The molecule has 0 radical (unpaired) electrons. The van der Waals surface area contributed by atoms with Crippen molar-refractivity contribution in [2.24, 2.45) is 5.41 Å². The maximum atomic E-state index is 11.8. The van der Waals surface area contributed by atoms with Crippen LogP contribution in [0.25, 0.3) is 0 Å². The number of aliphatic carboxylic acids is 1. The van der Waals surface area contributed by atoms with Gasteiger partial charge in [0.05, 0.1) is 0 Å². The Bertz CT molecular complexity index is 301. The van der Waals surface area contributed by atoms with E-state index in [2.05, 4.69) is 37.9 Å². The quantitative estimate of drug-likeness (QED) is 0.745. The summed E-state index contributed by atoms with van der Waals surface area (Å²) in [6.45, 7) is 12.1. The highest BCUT2D eigenvalue weighted by Crippen LogP contribution is 2.43. The van der Waals surface area contributed by atoms with Crippen molar-refractivity contribution in [3.8, 4) is 0 Å². The zero-order chi connectivity index (χ0) is 14.5. The first-order valence-corrected chi connectivity index (χ1v) is 7.60. The summed E-state index contributed by atoms with van der Waals surface area (Å²) in [5.74, 6) is -0.684. The lowest BCUT2D eigenvalue weighted by molar-refractivity contribution is -0.153. The van der Waals surface area contributed by atoms with E-state index in [0.717, 1.165) is 51.9 Å². The molecule has 0 spiro atoms. The largest absolute Gasteiger partial charge is 0.480 e. The topological polar surface area (TPSA) is 52.6 Å². The number of rotatable bonds is 7. The van der Waals surface area contributed by atoms with Crippen molar-refractivity contribution in [3.05, 3.63) is 0 Å². The minimum atomic E-state index is -0.752. The van der Waals surface area contributed by atoms with Crippen molar-refractivity contribution in [1.82, 2.24) is 10.2 Å². The molecule has 1 atom stereocenters. The van der Waals surface area contributed by atoms with Crippen LogP contribution in [0.2, 0.25) is 0 Å². The van der Waals surface area contributed by atoms with Crippen LogP contribution in [0.5, 0.6) is 0 Å². The van der Waals surface area contributed by atoms with Gasteiger partial charge in [0, 0.05) is 13.1 Å². The van der Waals surface area contributed by atoms with Gasteiger partial charge in [0.1, 0.15) is 5.54 Å². The van der Waals surface area contributed by atoms with Gasteiger partial charge in [-0.05, 0) is 31.3 Å². The Hall–Kier alpha value is -0.610. The van der Waals surface area contributed by atoms with E-state index in [1.54, 1.807) is 0 Å². The predicted octanol–water partition coefficient (Wildman–Crippen LogP) is 2.34. The first-order valence-electron chi connectivity index (χ1n) is 7.60. The SMILES string of the molecule is CCN(CC)CCNC1(C(=O)O)CCCCC1(C)C. The number of carbonyl (C=O) groups is 1. The molecule has 0 amide bonds. The van der Waals surface area contributed by atoms with Crippen molar-refractivity contribution in [2.75, 3.05) is 26.2 Å². The first-order chi connectivity index (χ1) is 8.89. The maximum Gasteiger partial charge on any atom is 0.324 e. The first kappa shape index (κ1) is 16.4. The van der Waals surface area contributed by atoms with Crippen molar-refractivity contribution < 1.29 is 9.90 Å². The normalized spacial score (nSPS) is 26.6. The molecule has 1 aliphatic rings. The number of likely N-dealkylation sites (N-methyl/N-ethyl adjacent to an activating group) is 1. The summed E-state index contributed by atoms with van der Waals surface area (Å²) in [5.41, 5.74) is -0.932. The lowest BCUT2D eigenvalue weighted by Gasteiger charge is -2.48. The number of hydrogen-bond donors (Lipinski definition) is 2.